The Kier molecular flexibility index (Phi) is 5.89. The van der Waals surface area contributed by atoms with Crippen LogP contribution in [0.15, 0.2) is 54.7 Å². The van der Waals surface area contributed by atoms with Crippen LogP contribution in [0.4, 0.5) is 4.39 Å². The monoisotopic (exact) mass is 395 g/mol. The van der Waals surface area contributed by atoms with E-state index in [-0.39, 0.29) is 5.82 Å². The summed E-state index contributed by atoms with van der Waals surface area (Å²) in [6, 6.07) is 15.2. The summed E-state index contributed by atoms with van der Waals surface area (Å²) >= 11 is 0. The molecule has 7 heteroatoms. The van der Waals surface area contributed by atoms with Crippen molar-refractivity contribution in [2.75, 3.05) is 27.2 Å². The lowest BCUT2D eigenvalue weighted by molar-refractivity contribution is 0.289. The number of likely N-dealkylation sites (N-methyl/N-ethyl adjacent to an activating group) is 1. The van der Waals surface area contributed by atoms with Gasteiger partial charge >= 0.3 is 0 Å². The van der Waals surface area contributed by atoms with Crippen molar-refractivity contribution in [2.24, 2.45) is 0 Å². The molecular formula is C22H26FN5O. The van der Waals surface area contributed by atoms with Gasteiger partial charge in [0.05, 0.1) is 12.8 Å². The second-order valence-corrected chi connectivity index (χ2v) is 7.38. The van der Waals surface area contributed by atoms with Crippen molar-refractivity contribution in [3.05, 3.63) is 66.1 Å². The number of para-hydroxylation sites is 1. The summed E-state index contributed by atoms with van der Waals surface area (Å²) in [4.78, 5) is 2.24. The van der Waals surface area contributed by atoms with Crippen LogP contribution < -0.4 is 15.6 Å². The van der Waals surface area contributed by atoms with Crippen molar-refractivity contribution in [1.29, 1.82) is 0 Å². The number of ether oxygens (including phenoxy) is 1. The molecule has 0 spiro atoms. The summed E-state index contributed by atoms with van der Waals surface area (Å²) < 4.78 is 21.8. The lowest BCUT2D eigenvalue weighted by atomic mass is 10.1. The Morgan fingerprint density at radius 2 is 2.07 bits per heavy atom. The topological polar surface area (TPSA) is 54.4 Å². The summed E-state index contributed by atoms with van der Waals surface area (Å²) in [6.45, 7) is 2.55. The van der Waals surface area contributed by atoms with E-state index in [2.05, 4.69) is 22.8 Å². The zero-order valence-corrected chi connectivity index (χ0v) is 16.7. The zero-order valence-electron chi connectivity index (χ0n) is 16.7. The predicted octanol–water partition coefficient (Wildman–Crippen LogP) is 2.99. The van der Waals surface area contributed by atoms with Gasteiger partial charge in [-0.05, 0) is 37.7 Å². The largest absolute Gasteiger partial charge is 0.497 e. The van der Waals surface area contributed by atoms with Gasteiger partial charge in [-0.2, -0.15) is 5.10 Å². The van der Waals surface area contributed by atoms with Gasteiger partial charge in [0.25, 0.3) is 0 Å². The van der Waals surface area contributed by atoms with E-state index in [0.29, 0.717) is 29.6 Å². The molecule has 1 aliphatic heterocycles. The molecule has 2 heterocycles. The molecular weight excluding hydrogens is 369 g/mol. The normalized spacial score (nSPS) is 16.5. The van der Waals surface area contributed by atoms with Crippen molar-refractivity contribution in [2.45, 2.75) is 19.0 Å². The van der Waals surface area contributed by atoms with Crippen molar-refractivity contribution in [1.82, 2.24) is 25.5 Å². The Labute approximate surface area is 170 Å². The first kappa shape index (κ1) is 19.6. The van der Waals surface area contributed by atoms with Gasteiger partial charge in [0.2, 0.25) is 0 Å². The maximum Gasteiger partial charge on any atom is 0.136 e. The Hall–Kier alpha value is -2.74. The molecule has 0 aliphatic carbocycles. The quantitative estimate of drug-likeness (QED) is 0.644. The second kappa shape index (κ2) is 8.73. The smallest absolute Gasteiger partial charge is 0.136 e. The minimum absolute atomic E-state index is 0.340. The molecule has 0 radical (unpaired) electrons. The molecule has 152 valence electrons. The molecule has 0 amide bonds. The van der Waals surface area contributed by atoms with Crippen LogP contribution in [-0.4, -0.2) is 48.0 Å². The standard InChI is InChI=1S/C22H26FN5O/c1-27(15-17-10-11-24-25-17)13-16-14-28(18-6-4-3-5-7-18)26-22(16)20-9-8-19(29-2)12-21(20)23/h3-9,12,14,17,24-25H,10-11,13,15H2,1-2H3. The number of rotatable bonds is 7. The van der Waals surface area contributed by atoms with Crippen molar-refractivity contribution in [3.8, 4) is 22.7 Å². The van der Waals surface area contributed by atoms with Crippen LogP contribution in [0.5, 0.6) is 5.75 Å². The fourth-order valence-electron chi connectivity index (χ4n) is 3.68. The highest BCUT2D eigenvalue weighted by molar-refractivity contribution is 5.65. The van der Waals surface area contributed by atoms with Crippen LogP contribution in [0.1, 0.15) is 12.0 Å². The highest BCUT2D eigenvalue weighted by Gasteiger charge is 2.20. The summed E-state index contributed by atoms with van der Waals surface area (Å²) in [6.07, 6.45) is 3.08. The maximum absolute atomic E-state index is 14.8. The zero-order chi connectivity index (χ0) is 20.2. The van der Waals surface area contributed by atoms with Crippen molar-refractivity contribution >= 4 is 0 Å². The minimum atomic E-state index is -0.340. The number of methoxy groups -OCH3 is 1. The third kappa shape index (κ3) is 4.48. The van der Waals surface area contributed by atoms with E-state index in [1.54, 1.807) is 12.1 Å². The summed E-state index contributed by atoms with van der Waals surface area (Å²) in [5, 5.41) is 4.73. The van der Waals surface area contributed by atoms with Crippen LogP contribution >= 0.6 is 0 Å². The third-order valence-corrected chi connectivity index (χ3v) is 5.14. The number of nitrogens with one attached hydrogen (secondary N) is 2. The first-order valence-electron chi connectivity index (χ1n) is 9.79. The Morgan fingerprint density at radius 1 is 1.24 bits per heavy atom. The van der Waals surface area contributed by atoms with Gasteiger partial charge in [0.15, 0.2) is 0 Å². The molecule has 2 N–H and O–H groups in total. The van der Waals surface area contributed by atoms with Gasteiger partial charge < -0.3 is 9.64 Å². The number of hydrogen-bond acceptors (Lipinski definition) is 5. The minimum Gasteiger partial charge on any atom is -0.497 e. The van der Waals surface area contributed by atoms with E-state index in [1.807, 2.05) is 41.2 Å². The first-order chi connectivity index (χ1) is 14.1. The fraction of sp³-hybridized carbons (Fsp3) is 0.318. The number of nitrogens with zero attached hydrogens (tertiary/aromatic N) is 3. The highest BCUT2D eigenvalue weighted by atomic mass is 19.1. The van der Waals surface area contributed by atoms with Gasteiger partial charge in [-0.1, -0.05) is 18.2 Å². The molecule has 4 rings (SSSR count). The average molecular weight is 395 g/mol. The predicted molar refractivity (Wildman–Crippen MR) is 111 cm³/mol. The molecule has 1 unspecified atom stereocenters. The van der Waals surface area contributed by atoms with Crippen LogP contribution in [0.25, 0.3) is 16.9 Å². The first-order valence-corrected chi connectivity index (χ1v) is 9.79. The number of aromatic nitrogens is 2. The molecule has 1 fully saturated rings. The van der Waals surface area contributed by atoms with E-state index in [4.69, 9.17) is 9.84 Å². The highest BCUT2D eigenvalue weighted by Crippen LogP contribution is 2.29. The lowest BCUT2D eigenvalue weighted by Crippen LogP contribution is -2.38. The van der Waals surface area contributed by atoms with Crippen LogP contribution in [-0.2, 0) is 6.54 Å². The van der Waals surface area contributed by atoms with Gasteiger partial charge in [0, 0.05) is 49.1 Å². The molecule has 0 saturated carbocycles. The van der Waals surface area contributed by atoms with E-state index in [0.717, 1.165) is 30.8 Å². The Balaban J connectivity index is 1.67. The van der Waals surface area contributed by atoms with Gasteiger partial charge in [-0.25, -0.2) is 9.07 Å². The van der Waals surface area contributed by atoms with Gasteiger partial charge in [-0.15, -0.1) is 0 Å². The molecule has 3 aromatic rings. The maximum atomic E-state index is 14.8. The molecule has 2 aromatic carbocycles. The summed E-state index contributed by atoms with van der Waals surface area (Å²) in [7, 11) is 3.61. The van der Waals surface area contributed by atoms with Crippen LogP contribution in [0.2, 0.25) is 0 Å². The van der Waals surface area contributed by atoms with Gasteiger partial charge in [0.1, 0.15) is 17.3 Å². The number of benzene rings is 2. The SMILES string of the molecule is COc1ccc(-c2nn(-c3ccccc3)cc2CN(C)CC2CCNN2)c(F)c1. The van der Waals surface area contributed by atoms with E-state index < -0.39 is 0 Å². The van der Waals surface area contributed by atoms with E-state index in [1.165, 1.54) is 13.2 Å². The Morgan fingerprint density at radius 3 is 2.76 bits per heavy atom. The average Bonchev–Trinajstić information content (AvgIpc) is 3.38. The number of hydrazine groups is 1. The van der Waals surface area contributed by atoms with E-state index >= 15 is 0 Å². The summed E-state index contributed by atoms with van der Waals surface area (Å²) in [5.74, 6) is 0.153. The Bertz CT molecular complexity index is 953. The van der Waals surface area contributed by atoms with Crippen molar-refractivity contribution < 1.29 is 9.13 Å². The molecule has 0 bridgehead atoms. The molecule has 1 atom stereocenters. The second-order valence-electron chi connectivity index (χ2n) is 7.38. The fourth-order valence-corrected chi connectivity index (χ4v) is 3.68. The third-order valence-electron chi connectivity index (χ3n) is 5.14. The van der Waals surface area contributed by atoms with Crippen LogP contribution in [0.3, 0.4) is 0 Å². The molecule has 29 heavy (non-hydrogen) atoms. The summed E-state index contributed by atoms with van der Waals surface area (Å²) in [5.41, 5.74) is 9.50. The van der Waals surface area contributed by atoms with Gasteiger partial charge in [-0.3, -0.25) is 10.9 Å². The lowest BCUT2D eigenvalue weighted by Gasteiger charge is -2.20. The number of halogens is 1. The molecule has 1 aromatic heterocycles. The number of hydrogen-bond donors (Lipinski definition) is 2. The molecule has 1 aliphatic rings. The molecule has 6 nitrogen and oxygen atoms in total. The van der Waals surface area contributed by atoms with Crippen molar-refractivity contribution in [3.63, 3.8) is 0 Å². The van der Waals surface area contributed by atoms with E-state index in [9.17, 15) is 4.39 Å². The van der Waals surface area contributed by atoms with Crippen LogP contribution in [0, 0.1) is 5.82 Å². The molecule has 1 saturated heterocycles.